The highest BCUT2D eigenvalue weighted by atomic mass is 35.5. The van der Waals surface area contributed by atoms with Gasteiger partial charge in [-0.05, 0) is 26.0 Å². The van der Waals surface area contributed by atoms with Crippen molar-refractivity contribution in [2.75, 3.05) is 18.8 Å². The third kappa shape index (κ3) is 3.38. The van der Waals surface area contributed by atoms with Crippen molar-refractivity contribution in [3.63, 3.8) is 0 Å². The van der Waals surface area contributed by atoms with E-state index in [2.05, 4.69) is 9.98 Å². The second-order valence-corrected chi connectivity index (χ2v) is 4.64. The van der Waals surface area contributed by atoms with E-state index in [0.717, 1.165) is 18.9 Å². The van der Waals surface area contributed by atoms with E-state index in [1.54, 1.807) is 24.5 Å². The Labute approximate surface area is 117 Å². The number of ether oxygens (including phenoxy) is 1. The summed E-state index contributed by atoms with van der Waals surface area (Å²) in [6.07, 6.45) is 1.41. The summed E-state index contributed by atoms with van der Waals surface area (Å²) in [6.45, 7) is 5.48. The van der Waals surface area contributed by atoms with Crippen molar-refractivity contribution in [2.24, 2.45) is 9.98 Å². The predicted molar refractivity (Wildman–Crippen MR) is 79.1 cm³/mol. The molecule has 2 N–H and O–H groups in total. The molecular weight excluding hydrogens is 264 g/mol. The van der Waals surface area contributed by atoms with Gasteiger partial charge in [-0.2, -0.15) is 0 Å². The standard InChI is InChI=1S/C13H17ClN4O/c1-9-16-6-7-18(9)8-17-10(2)19-12-5-3-4-11(15)13(12)14/h3-5,8,10H,6-7,15H2,1-2H3/b17-8-. The lowest BCUT2D eigenvalue weighted by Crippen LogP contribution is -2.25. The number of nitrogens with two attached hydrogens (primary N) is 1. The van der Waals surface area contributed by atoms with Crippen molar-refractivity contribution in [3.05, 3.63) is 23.2 Å². The van der Waals surface area contributed by atoms with E-state index >= 15 is 0 Å². The molecule has 0 fully saturated rings. The fraction of sp³-hybridized carbons (Fsp3) is 0.385. The zero-order valence-corrected chi connectivity index (χ0v) is 11.8. The molecule has 0 amide bonds. The van der Waals surface area contributed by atoms with Crippen LogP contribution in [0.3, 0.4) is 0 Å². The van der Waals surface area contributed by atoms with Crippen LogP contribution in [0, 0.1) is 0 Å². The number of anilines is 1. The van der Waals surface area contributed by atoms with E-state index in [1.165, 1.54) is 0 Å². The van der Waals surface area contributed by atoms with Crippen LogP contribution in [0.4, 0.5) is 5.69 Å². The minimum Gasteiger partial charge on any atom is -0.467 e. The van der Waals surface area contributed by atoms with Gasteiger partial charge in [0.25, 0.3) is 0 Å². The zero-order valence-electron chi connectivity index (χ0n) is 11.0. The molecule has 0 aromatic heterocycles. The monoisotopic (exact) mass is 280 g/mol. The molecule has 1 aliphatic rings. The van der Waals surface area contributed by atoms with Crippen LogP contribution < -0.4 is 10.5 Å². The van der Waals surface area contributed by atoms with Gasteiger partial charge in [0.15, 0.2) is 6.23 Å². The molecule has 6 heteroatoms. The summed E-state index contributed by atoms with van der Waals surface area (Å²) in [5, 5.41) is 0.420. The topological polar surface area (TPSA) is 63.2 Å². The van der Waals surface area contributed by atoms with Gasteiger partial charge in [0.2, 0.25) is 0 Å². The minimum absolute atomic E-state index is 0.340. The molecule has 1 heterocycles. The number of benzene rings is 1. The highest BCUT2D eigenvalue weighted by molar-refractivity contribution is 6.34. The molecule has 5 nitrogen and oxygen atoms in total. The molecule has 102 valence electrons. The molecule has 0 spiro atoms. The van der Waals surface area contributed by atoms with Crippen LogP contribution in [0.2, 0.25) is 5.02 Å². The normalized spacial score (nSPS) is 16.8. The Kier molecular flexibility index (Phi) is 4.27. The fourth-order valence-electron chi connectivity index (χ4n) is 1.72. The minimum atomic E-state index is -0.340. The van der Waals surface area contributed by atoms with Crippen molar-refractivity contribution >= 4 is 29.5 Å². The van der Waals surface area contributed by atoms with E-state index in [-0.39, 0.29) is 6.23 Å². The quantitative estimate of drug-likeness (QED) is 0.523. The van der Waals surface area contributed by atoms with Crippen molar-refractivity contribution in [1.29, 1.82) is 0 Å². The molecule has 0 saturated heterocycles. The van der Waals surface area contributed by atoms with Gasteiger partial charge in [0.05, 0.1) is 18.6 Å². The Morgan fingerprint density at radius 2 is 2.37 bits per heavy atom. The number of hydrogen-bond donors (Lipinski definition) is 1. The van der Waals surface area contributed by atoms with Crippen molar-refractivity contribution < 1.29 is 4.74 Å². The molecule has 0 bridgehead atoms. The van der Waals surface area contributed by atoms with Crippen molar-refractivity contribution in [1.82, 2.24) is 4.90 Å². The molecule has 1 aliphatic heterocycles. The Hall–Kier alpha value is -1.75. The maximum Gasteiger partial charge on any atom is 0.188 e. The predicted octanol–water partition coefficient (Wildman–Crippen LogP) is 2.41. The molecular formula is C13H17ClN4O. The number of nitrogen functional groups attached to an aromatic ring is 1. The molecule has 2 rings (SSSR count). The van der Waals surface area contributed by atoms with E-state index in [9.17, 15) is 0 Å². The first-order chi connectivity index (χ1) is 9.08. The maximum atomic E-state index is 6.06. The molecule has 1 aromatic rings. The number of aliphatic imine (C=N–C) groups is 2. The first-order valence-corrected chi connectivity index (χ1v) is 6.47. The second kappa shape index (κ2) is 5.93. The Morgan fingerprint density at radius 1 is 1.58 bits per heavy atom. The number of halogens is 1. The van der Waals surface area contributed by atoms with Crippen LogP contribution in [-0.2, 0) is 0 Å². The summed E-state index contributed by atoms with van der Waals surface area (Å²) in [6, 6.07) is 5.30. The van der Waals surface area contributed by atoms with Gasteiger partial charge in [-0.25, -0.2) is 4.99 Å². The van der Waals surface area contributed by atoms with E-state index in [4.69, 9.17) is 22.1 Å². The van der Waals surface area contributed by atoms with Crippen LogP contribution in [-0.4, -0.2) is 36.4 Å². The fourth-order valence-corrected chi connectivity index (χ4v) is 1.89. The number of nitrogens with zero attached hydrogens (tertiary/aromatic N) is 3. The number of rotatable bonds is 4. The molecule has 0 aliphatic carbocycles. The summed E-state index contributed by atoms with van der Waals surface area (Å²) < 4.78 is 5.64. The first-order valence-electron chi connectivity index (χ1n) is 6.09. The van der Waals surface area contributed by atoms with Gasteiger partial charge in [0, 0.05) is 6.54 Å². The highest BCUT2D eigenvalue weighted by Crippen LogP contribution is 2.30. The molecule has 19 heavy (non-hydrogen) atoms. The summed E-state index contributed by atoms with van der Waals surface area (Å²) in [7, 11) is 0. The molecule has 0 radical (unpaired) electrons. The van der Waals surface area contributed by atoms with Gasteiger partial charge in [-0.1, -0.05) is 17.7 Å². The van der Waals surface area contributed by atoms with E-state index in [1.807, 2.05) is 18.7 Å². The lowest BCUT2D eigenvalue weighted by molar-refractivity contribution is 0.232. The first kappa shape index (κ1) is 13.7. The molecule has 1 atom stereocenters. The largest absolute Gasteiger partial charge is 0.467 e. The third-order valence-corrected chi connectivity index (χ3v) is 3.21. The van der Waals surface area contributed by atoms with Crippen LogP contribution in [0.5, 0.6) is 5.75 Å². The third-order valence-electron chi connectivity index (χ3n) is 2.80. The van der Waals surface area contributed by atoms with Crippen LogP contribution in [0.1, 0.15) is 13.8 Å². The summed E-state index contributed by atoms with van der Waals surface area (Å²) in [5.41, 5.74) is 6.21. The highest BCUT2D eigenvalue weighted by Gasteiger charge is 2.11. The SMILES string of the molecule is CC1=NCCN1/C=N\C(C)Oc1cccc(N)c1Cl. The smallest absolute Gasteiger partial charge is 0.188 e. The summed E-state index contributed by atoms with van der Waals surface area (Å²) in [5.74, 6) is 1.51. The molecule has 0 saturated carbocycles. The van der Waals surface area contributed by atoms with Gasteiger partial charge in [-0.15, -0.1) is 0 Å². The summed E-state index contributed by atoms with van der Waals surface area (Å²) >= 11 is 6.06. The van der Waals surface area contributed by atoms with Crippen molar-refractivity contribution in [2.45, 2.75) is 20.1 Å². The number of amidine groups is 1. The van der Waals surface area contributed by atoms with Gasteiger partial charge >= 0.3 is 0 Å². The van der Waals surface area contributed by atoms with Crippen LogP contribution in [0.25, 0.3) is 0 Å². The summed E-state index contributed by atoms with van der Waals surface area (Å²) in [4.78, 5) is 10.6. The maximum absolute atomic E-state index is 6.06. The Morgan fingerprint density at radius 3 is 3.05 bits per heavy atom. The van der Waals surface area contributed by atoms with Gasteiger partial charge in [0.1, 0.15) is 16.6 Å². The lowest BCUT2D eigenvalue weighted by atomic mass is 10.3. The second-order valence-electron chi connectivity index (χ2n) is 4.26. The average molecular weight is 281 g/mol. The lowest BCUT2D eigenvalue weighted by Gasteiger charge is -2.15. The Balaban J connectivity index is 1.97. The van der Waals surface area contributed by atoms with E-state index in [0.29, 0.717) is 16.5 Å². The van der Waals surface area contributed by atoms with E-state index < -0.39 is 0 Å². The van der Waals surface area contributed by atoms with Crippen molar-refractivity contribution in [3.8, 4) is 5.75 Å². The zero-order chi connectivity index (χ0) is 13.8. The Bertz CT molecular complexity index is 515. The van der Waals surface area contributed by atoms with Crippen LogP contribution in [0.15, 0.2) is 28.2 Å². The van der Waals surface area contributed by atoms with Gasteiger partial charge in [-0.3, -0.25) is 4.99 Å². The average Bonchev–Trinajstić information content (AvgIpc) is 2.78. The molecule has 1 unspecified atom stereocenters. The molecule has 1 aromatic carbocycles. The van der Waals surface area contributed by atoms with Crippen LogP contribution >= 0.6 is 11.6 Å². The van der Waals surface area contributed by atoms with Gasteiger partial charge < -0.3 is 15.4 Å². The number of hydrogen-bond acceptors (Lipinski definition) is 4.